The molecule has 0 saturated carbocycles. The van der Waals surface area contributed by atoms with Crippen molar-refractivity contribution in [2.24, 2.45) is 10.7 Å². The molecule has 154 valence electrons. The molecule has 2 atom stereocenters. The fraction of sp³-hybridized carbons (Fsp3) is 0.300. The summed E-state index contributed by atoms with van der Waals surface area (Å²) < 4.78 is 33.0. The van der Waals surface area contributed by atoms with Crippen LogP contribution in [0, 0.1) is 17.0 Å². The van der Waals surface area contributed by atoms with Gasteiger partial charge in [-0.1, -0.05) is 12.1 Å². The Bertz CT molecular complexity index is 941. The van der Waals surface area contributed by atoms with E-state index in [0.29, 0.717) is 30.2 Å². The van der Waals surface area contributed by atoms with Crippen LogP contribution in [0.5, 0.6) is 0 Å². The molecule has 1 saturated heterocycles. The Morgan fingerprint density at radius 3 is 2.55 bits per heavy atom. The minimum Gasteiger partial charge on any atom is -0.384 e. The largest absolute Gasteiger partial charge is 0.384 e. The number of ether oxygens (including phenoxy) is 1. The summed E-state index contributed by atoms with van der Waals surface area (Å²) in [6.07, 6.45) is 3.52. The van der Waals surface area contributed by atoms with Gasteiger partial charge < -0.3 is 20.8 Å². The molecule has 0 radical (unpaired) electrons. The van der Waals surface area contributed by atoms with Gasteiger partial charge in [0.15, 0.2) is 11.6 Å². The van der Waals surface area contributed by atoms with Gasteiger partial charge in [0.2, 0.25) is 5.95 Å². The molecule has 0 spiro atoms. The van der Waals surface area contributed by atoms with E-state index in [0.717, 1.165) is 12.4 Å². The first-order chi connectivity index (χ1) is 13.9. The maximum absolute atomic E-state index is 14.2. The zero-order valence-electron chi connectivity index (χ0n) is 16.1. The molecule has 3 N–H and O–H groups in total. The highest BCUT2D eigenvalue weighted by Gasteiger charge is 2.24. The summed E-state index contributed by atoms with van der Waals surface area (Å²) in [6.45, 7) is 5.05. The second kappa shape index (κ2) is 8.87. The summed E-state index contributed by atoms with van der Waals surface area (Å²) in [5.74, 6) is -0.992. The number of allylic oxidation sites excluding steroid dienone is 1. The molecule has 9 heteroatoms. The number of amidine groups is 1. The molecule has 2 heterocycles. The van der Waals surface area contributed by atoms with E-state index in [1.807, 2.05) is 18.7 Å². The average Bonchev–Trinajstić information content (AvgIpc) is 2.68. The smallest absolute Gasteiger partial charge is 0.227 e. The molecule has 0 amide bonds. The van der Waals surface area contributed by atoms with E-state index >= 15 is 0 Å². The van der Waals surface area contributed by atoms with E-state index in [2.05, 4.69) is 15.0 Å². The highest BCUT2D eigenvalue weighted by molar-refractivity contribution is 6.15. The van der Waals surface area contributed by atoms with Crippen LogP contribution in [0.1, 0.15) is 20.8 Å². The molecule has 0 aliphatic carbocycles. The summed E-state index contributed by atoms with van der Waals surface area (Å²) >= 11 is 0. The number of nitrogens with two attached hydrogens (primary N) is 1. The van der Waals surface area contributed by atoms with Gasteiger partial charge in [-0.2, -0.15) is 4.98 Å². The number of halogens is 2. The average molecular weight is 402 g/mol. The van der Waals surface area contributed by atoms with Crippen molar-refractivity contribution >= 4 is 29.4 Å². The lowest BCUT2D eigenvalue weighted by molar-refractivity contribution is -0.00572. The zero-order chi connectivity index (χ0) is 21.0. The predicted octanol–water partition coefficient (Wildman–Crippen LogP) is 3.34. The third kappa shape index (κ3) is 5.20. The Hall–Kier alpha value is -3.20. The number of nitrogens with one attached hydrogen (secondary N) is 1. The van der Waals surface area contributed by atoms with Crippen LogP contribution in [0.2, 0.25) is 0 Å². The van der Waals surface area contributed by atoms with Gasteiger partial charge in [0.25, 0.3) is 0 Å². The molecule has 3 rings (SSSR count). The van der Waals surface area contributed by atoms with Gasteiger partial charge in [-0.15, -0.1) is 0 Å². The number of benzene rings is 1. The molecular weight excluding hydrogens is 378 g/mol. The Morgan fingerprint density at radius 1 is 1.28 bits per heavy atom. The van der Waals surface area contributed by atoms with E-state index in [4.69, 9.17) is 15.9 Å². The first-order valence-electron chi connectivity index (χ1n) is 9.11. The topological polar surface area (TPSA) is 100 Å². The zero-order valence-corrected chi connectivity index (χ0v) is 16.1. The van der Waals surface area contributed by atoms with Crippen molar-refractivity contribution in [3.05, 3.63) is 53.7 Å². The van der Waals surface area contributed by atoms with E-state index in [-0.39, 0.29) is 31.1 Å². The number of hydrogen-bond acceptors (Lipinski definition) is 6. The summed E-state index contributed by atoms with van der Waals surface area (Å²) in [5, 5.41) is 7.56. The number of nitrogens with zero attached hydrogens (tertiary/aromatic N) is 4. The molecule has 7 nitrogen and oxygen atoms in total. The van der Waals surface area contributed by atoms with E-state index in [1.165, 1.54) is 30.3 Å². The third-order valence-corrected chi connectivity index (χ3v) is 4.29. The van der Waals surface area contributed by atoms with Crippen LogP contribution in [-0.2, 0) is 4.74 Å². The van der Waals surface area contributed by atoms with Crippen molar-refractivity contribution in [2.45, 2.75) is 26.1 Å². The number of hydrogen-bond donors (Lipinski definition) is 2. The van der Waals surface area contributed by atoms with Crippen molar-refractivity contribution in [1.82, 2.24) is 9.97 Å². The quantitative estimate of drug-likeness (QED) is 0.590. The molecule has 1 fully saturated rings. The van der Waals surface area contributed by atoms with Crippen molar-refractivity contribution in [2.75, 3.05) is 18.0 Å². The first-order valence-corrected chi connectivity index (χ1v) is 9.11. The van der Waals surface area contributed by atoms with Gasteiger partial charge in [-0.3, -0.25) is 0 Å². The Kier molecular flexibility index (Phi) is 6.28. The van der Waals surface area contributed by atoms with Crippen molar-refractivity contribution in [3.8, 4) is 0 Å². The molecular formula is C20H24F2N6O. The number of morpholine rings is 1. The van der Waals surface area contributed by atoms with Crippen LogP contribution in [0.3, 0.4) is 0 Å². The summed E-state index contributed by atoms with van der Waals surface area (Å²) in [6, 6.07) is 5.59. The van der Waals surface area contributed by atoms with Gasteiger partial charge in [0, 0.05) is 26.3 Å². The highest BCUT2D eigenvalue weighted by atomic mass is 19.1. The Balaban J connectivity index is 0.00000320. The fourth-order valence-corrected chi connectivity index (χ4v) is 3.09. The van der Waals surface area contributed by atoms with Crippen molar-refractivity contribution in [1.29, 1.82) is 5.41 Å². The highest BCUT2D eigenvalue weighted by Crippen LogP contribution is 2.21. The van der Waals surface area contributed by atoms with Crippen LogP contribution in [0.4, 0.5) is 20.5 Å². The Morgan fingerprint density at radius 2 is 1.93 bits per heavy atom. The standard InChI is InChI=1S/C20H22F2N6O.H2/c1-12-10-28(11-13(2)29-12)20-25-9-17(22)19(27-20)26-18(24)7-15(8-23)14-3-5-16(21)6-4-14;/h3-9,12-13,23H,10-11H2,1-2H3,(H2,24,25,26,27);1H/b15-7+,23-8?;/t12-,13+;. The molecule has 0 unspecified atom stereocenters. The minimum absolute atomic E-state index is 0. The van der Waals surface area contributed by atoms with Crippen LogP contribution < -0.4 is 10.6 Å². The van der Waals surface area contributed by atoms with Gasteiger partial charge in [-0.25, -0.2) is 18.8 Å². The summed E-state index contributed by atoms with van der Waals surface area (Å²) in [4.78, 5) is 14.2. The fourth-order valence-electron chi connectivity index (χ4n) is 3.09. The van der Waals surface area contributed by atoms with E-state index < -0.39 is 5.82 Å². The van der Waals surface area contributed by atoms with Crippen molar-refractivity contribution in [3.63, 3.8) is 0 Å². The van der Waals surface area contributed by atoms with Crippen LogP contribution >= 0.6 is 0 Å². The SMILES string of the molecule is C[C@@H]1CN(c2ncc(F)c(N=C(N)/C=C(\C=N)c3ccc(F)cc3)n2)C[C@H](C)O1.[HH]. The summed E-state index contributed by atoms with van der Waals surface area (Å²) in [7, 11) is 0. The number of anilines is 1. The lowest BCUT2D eigenvalue weighted by Crippen LogP contribution is -2.46. The van der Waals surface area contributed by atoms with Crippen LogP contribution in [-0.4, -0.2) is 47.3 Å². The number of aliphatic imine (C=N–C) groups is 1. The van der Waals surface area contributed by atoms with Gasteiger partial charge in [0.1, 0.15) is 11.7 Å². The Labute approximate surface area is 168 Å². The third-order valence-electron chi connectivity index (χ3n) is 4.29. The molecule has 1 aliphatic heterocycles. The van der Waals surface area contributed by atoms with Crippen molar-refractivity contribution < 1.29 is 14.9 Å². The van der Waals surface area contributed by atoms with Gasteiger partial charge in [0.05, 0.1) is 18.4 Å². The molecule has 1 aliphatic rings. The number of aromatic nitrogens is 2. The second-order valence-corrected chi connectivity index (χ2v) is 6.79. The maximum atomic E-state index is 14.2. The summed E-state index contributed by atoms with van der Waals surface area (Å²) in [5.41, 5.74) is 6.91. The van der Waals surface area contributed by atoms with Gasteiger partial charge >= 0.3 is 0 Å². The molecule has 1 aromatic carbocycles. The van der Waals surface area contributed by atoms with E-state index in [9.17, 15) is 8.78 Å². The molecule has 0 bridgehead atoms. The predicted molar refractivity (Wildman–Crippen MR) is 111 cm³/mol. The molecule has 29 heavy (non-hydrogen) atoms. The molecule has 2 aromatic rings. The van der Waals surface area contributed by atoms with E-state index in [1.54, 1.807) is 0 Å². The molecule has 1 aromatic heterocycles. The number of rotatable bonds is 5. The monoisotopic (exact) mass is 402 g/mol. The second-order valence-electron chi connectivity index (χ2n) is 6.79. The lowest BCUT2D eigenvalue weighted by atomic mass is 10.1. The first kappa shape index (κ1) is 20.5. The normalized spacial score (nSPS) is 20.6. The van der Waals surface area contributed by atoms with Gasteiger partial charge in [-0.05, 0) is 37.6 Å². The lowest BCUT2D eigenvalue weighted by Gasteiger charge is -2.35. The van der Waals surface area contributed by atoms with Crippen LogP contribution in [0.25, 0.3) is 5.57 Å². The van der Waals surface area contributed by atoms with Crippen LogP contribution in [0.15, 0.2) is 41.5 Å². The maximum Gasteiger partial charge on any atom is 0.227 e. The minimum atomic E-state index is -0.711.